The van der Waals surface area contributed by atoms with Crippen LogP contribution in [0.15, 0.2) is 59.2 Å². The molecule has 0 radical (unpaired) electrons. The fraction of sp³-hybridized carbons (Fsp3) is 0.480. The number of rotatable bonds is 13. The fourth-order valence-electron chi connectivity index (χ4n) is 11.3. The molecule has 370 valence electrons. The monoisotopic (exact) mass is 1040 g/mol. The normalized spacial score (nSPS) is 20.8. The number of hydrogen-bond acceptors (Lipinski definition) is 15. The molecule has 0 aliphatic carbocycles. The predicted octanol–water partition coefficient (Wildman–Crippen LogP) is 5.66. The molecule has 3 aromatic carbocycles. The lowest BCUT2D eigenvalue weighted by Gasteiger charge is -2.44. The van der Waals surface area contributed by atoms with E-state index in [4.69, 9.17) is 9.72 Å². The number of imide groups is 2. The number of amides is 4. The summed E-state index contributed by atoms with van der Waals surface area (Å²) in [4.78, 5) is 71.8. The smallest absolute Gasteiger partial charge is 0.264 e. The first kappa shape index (κ1) is 47.8. The maximum atomic E-state index is 13.7. The molecule has 6 aliphatic rings. The maximum absolute atomic E-state index is 13.7. The van der Waals surface area contributed by atoms with E-state index in [1.807, 2.05) is 30.3 Å². The van der Waals surface area contributed by atoms with Gasteiger partial charge in [0.1, 0.15) is 17.6 Å². The summed E-state index contributed by atoms with van der Waals surface area (Å²) in [5.74, 6) is 0.227. The van der Waals surface area contributed by atoms with Crippen molar-refractivity contribution in [2.75, 3.05) is 104 Å². The third kappa shape index (κ3) is 9.54. The van der Waals surface area contributed by atoms with Crippen LogP contribution in [0.4, 0.5) is 40.2 Å². The average Bonchev–Trinajstić information content (AvgIpc) is 3.92. The first-order valence-corrected chi connectivity index (χ1v) is 27.0. The van der Waals surface area contributed by atoms with Crippen molar-refractivity contribution in [2.45, 2.75) is 70.4 Å². The number of fused-ring (bicyclic) bond motifs is 2. The number of carbonyl (C=O) groups excluding carboxylic acids is 4. The number of piperidine rings is 3. The van der Waals surface area contributed by atoms with Crippen LogP contribution in [0.3, 0.4) is 0 Å². The van der Waals surface area contributed by atoms with Crippen molar-refractivity contribution in [2.24, 2.45) is 5.92 Å². The van der Waals surface area contributed by atoms with Crippen LogP contribution in [0.2, 0.25) is 0 Å². The first-order chi connectivity index (χ1) is 33.7. The van der Waals surface area contributed by atoms with Crippen LogP contribution in [-0.4, -0.2) is 148 Å². The average molecular weight is 1040 g/mol. The van der Waals surface area contributed by atoms with Crippen LogP contribution in [0.5, 0.6) is 5.75 Å². The summed E-state index contributed by atoms with van der Waals surface area (Å²) >= 11 is 3.57. The van der Waals surface area contributed by atoms with Crippen LogP contribution in [0, 0.1) is 12.8 Å². The maximum Gasteiger partial charge on any atom is 0.264 e. The molecule has 18 nitrogen and oxygen atoms in total. The lowest BCUT2D eigenvalue weighted by Crippen LogP contribution is -2.54. The standard InChI is InChI=1S/C50H60BrN11O7S/c1-31-28-38(54-50-52-30-36(51)46(56-50)53-37-8-4-6-33-15-23-61(45(33)37)70(3,67)68)42(69-2)29-41(31)60-21-16-34(17-22-60)58-26-24-57(25-27-58)18-12-32-13-19-59(20-14-32)39-9-5-7-35-44(39)49(66)62(48(35)65)40-10-11-43(63)55-47(40)64/h4-9,28-30,32,34,40H,10-27H2,1-3H3,(H,55,63,64)(H2,52,53,54,56). The second-order valence-corrected chi connectivity index (χ2v) is 22.1. The number of piperazine rings is 1. The lowest BCUT2D eigenvalue weighted by molar-refractivity contribution is -0.136. The molecule has 4 saturated heterocycles. The highest BCUT2D eigenvalue weighted by Gasteiger charge is 2.46. The number of para-hydroxylation sites is 1. The van der Waals surface area contributed by atoms with Gasteiger partial charge in [-0.25, -0.2) is 13.4 Å². The quantitative estimate of drug-likeness (QED) is 0.139. The van der Waals surface area contributed by atoms with Crippen LogP contribution in [0.25, 0.3) is 0 Å². The number of sulfonamides is 1. The Hall–Kier alpha value is -5.83. The van der Waals surface area contributed by atoms with Gasteiger partial charge >= 0.3 is 0 Å². The summed E-state index contributed by atoms with van der Waals surface area (Å²) in [6, 6.07) is 14.9. The second kappa shape index (κ2) is 19.8. The van der Waals surface area contributed by atoms with Crippen LogP contribution < -0.4 is 34.8 Å². The number of ether oxygens (including phenoxy) is 1. The molecule has 0 bridgehead atoms. The number of aromatic nitrogens is 2. The Morgan fingerprint density at radius 2 is 1.54 bits per heavy atom. The van der Waals surface area contributed by atoms with E-state index in [0.29, 0.717) is 69.4 Å². The number of halogens is 1. The van der Waals surface area contributed by atoms with Gasteiger partial charge in [-0.3, -0.25) is 38.6 Å². The third-order valence-corrected chi connectivity index (χ3v) is 16.8. The molecule has 1 atom stereocenters. The molecule has 7 heterocycles. The van der Waals surface area contributed by atoms with E-state index in [-0.39, 0.29) is 18.7 Å². The summed E-state index contributed by atoms with van der Waals surface area (Å²) in [7, 11) is -1.78. The number of anilines is 7. The third-order valence-electron chi connectivity index (χ3n) is 15.1. The number of nitrogens with one attached hydrogen (secondary N) is 3. The molecule has 4 amide bonds. The number of benzene rings is 3. The number of nitrogens with zero attached hydrogens (tertiary/aromatic N) is 8. The molecule has 4 fully saturated rings. The minimum absolute atomic E-state index is 0.0963. The van der Waals surface area contributed by atoms with E-state index in [2.05, 4.69) is 75.5 Å². The van der Waals surface area contributed by atoms with Crippen molar-refractivity contribution in [3.05, 3.63) is 81.5 Å². The zero-order chi connectivity index (χ0) is 48.8. The summed E-state index contributed by atoms with van der Waals surface area (Å²) in [5, 5.41) is 8.98. The van der Waals surface area contributed by atoms with Gasteiger partial charge in [0.15, 0.2) is 0 Å². The fourth-order valence-corrected chi connectivity index (χ4v) is 12.6. The van der Waals surface area contributed by atoms with Gasteiger partial charge in [0.25, 0.3) is 11.8 Å². The molecule has 20 heteroatoms. The molecule has 1 aromatic heterocycles. The number of carbonyl (C=O) groups is 4. The van der Waals surface area contributed by atoms with E-state index in [0.717, 1.165) is 124 Å². The number of aryl methyl sites for hydroxylation is 1. The lowest BCUT2D eigenvalue weighted by atomic mass is 9.92. The highest BCUT2D eigenvalue weighted by Crippen LogP contribution is 2.41. The molecule has 10 rings (SSSR count). The Morgan fingerprint density at radius 3 is 2.27 bits per heavy atom. The Labute approximate surface area is 417 Å². The SMILES string of the molecule is COc1cc(N2CCC(N3CCN(CCC4CCN(c5cccc6c5C(=O)N(C5CCC(=O)NC5=O)C6=O)CC4)CC3)CC2)c(C)cc1Nc1ncc(Br)c(Nc2cccc3c2N(S(C)(=O)=O)CC3)n1. The second-order valence-electron chi connectivity index (χ2n) is 19.3. The van der Waals surface area contributed by atoms with E-state index in [1.165, 1.54) is 10.6 Å². The largest absolute Gasteiger partial charge is 0.494 e. The van der Waals surface area contributed by atoms with E-state index in [1.54, 1.807) is 19.4 Å². The van der Waals surface area contributed by atoms with Gasteiger partial charge in [-0.1, -0.05) is 18.2 Å². The zero-order valence-electron chi connectivity index (χ0n) is 39.9. The molecule has 70 heavy (non-hydrogen) atoms. The molecular weight excluding hydrogens is 979 g/mol. The van der Waals surface area contributed by atoms with Crippen molar-refractivity contribution < 1.29 is 32.3 Å². The minimum Gasteiger partial charge on any atom is -0.494 e. The van der Waals surface area contributed by atoms with Crippen molar-refractivity contribution in [1.82, 2.24) is 30.0 Å². The van der Waals surface area contributed by atoms with Crippen molar-refractivity contribution in [1.29, 1.82) is 0 Å². The van der Waals surface area contributed by atoms with E-state index >= 15 is 0 Å². The van der Waals surface area contributed by atoms with Crippen LogP contribution >= 0.6 is 15.9 Å². The molecule has 6 aliphatic heterocycles. The topological polar surface area (TPSA) is 193 Å². The van der Waals surface area contributed by atoms with Gasteiger partial charge in [0.05, 0.1) is 51.7 Å². The van der Waals surface area contributed by atoms with Crippen molar-refractivity contribution >= 4 is 89.8 Å². The van der Waals surface area contributed by atoms with Gasteiger partial charge in [0.2, 0.25) is 27.8 Å². The summed E-state index contributed by atoms with van der Waals surface area (Å²) in [6.07, 6.45) is 9.11. The Balaban J connectivity index is 0.685. The number of methoxy groups -OCH3 is 1. The molecule has 3 N–H and O–H groups in total. The highest BCUT2D eigenvalue weighted by atomic mass is 79.9. The molecule has 1 unspecified atom stereocenters. The number of hydrogen-bond donors (Lipinski definition) is 3. The van der Waals surface area contributed by atoms with E-state index in [9.17, 15) is 27.6 Å². The summed E-state index contributed by atoms with van der Waals surface area (Å²) < 4.78 is 33.2. The van der Waals surface area contributed by atoms with Gasteiger partial charge in [0, 0.05) is 89.3 Å². The Kier molecular flexibility index (Phi) is 13.5. The highest BCUT2D eigenvalue weighted by molar-refractivity contribution is 9.10. The van der Waals surface area contributed by atoms with Gasteiger partial charge in [-0.2, -0.15) is 4.98 Å². The van der Waals surface area contributed by atoms with E-state index < -0.39 is 33.8 Å². The molecular formula is C50H60BrN11O7S. The summed E-state index contributed by atoms with van der Waals surface area (Å²) in [6.45, 7) is 11.4. The Morgan fingerprint density at radius 1 is 0.814 bits per heavy atom. The molecule has 0 saturated carbocycles. The predicted molar refractivity (Wildman–Crippen MR) is 272 cm³/mol. The molecule has 0 spiro atoms. The Bertz CT molecular complexity index is 2830. The first-order valence-electron chi connectivity index (χ1n) is 24.4. The zero-order valence-corrected chi connectivity index (χ0v) is 42.3. The van der Waals surface area contributed by atoms with Crippen molar-refractivity contribution in [3.8, 4) is 5.75 Å². The van der Waals surface area contributed by atoms with Gasteiger partial charge in [-0.05, 0) is 116 Å². The van der Waals surface area contributed by atoms with Crippen molar-refractivity contribution in [3.63, 3.8) is 0 Å². The van der Waals surface area contributed by atoms with Crippen LogP contribution in [0.1, 0.15) is 76.8 Å². The molecule has 4 aromatic rings. The minimum atomic E-state index is -3.45. The van der Waals surface area contributed by atoms with Gasteiger partial charge < -0.3 is 30.1 Å². The van der Waals surface area contributed by atoms with Gasteiger partial charge in [-0.15, -0.1) is 0 Å². The summed E-state index contributed by atoms with van der Waals surface area (Å²) in [5.41, 5.74) is 6.71. The van der Waals surface area contributed by atoms with Crippen LogP contribution in [-0.2, 0) is 26.0 Å².